The molecule has 0 bridgehead atoms. The van der Waals surface area contributed by atoms with Gasteiger partial charge in [-0.3, -0.25) is 4.79 Å². The fourth-order valence-corrected chi connectivity index (χ4v) is 1.44. The number of hydrogen-bond donors (Lipinski definition) is 0. The second kappa shape index (κ2) is 4.84. The molecule has 16 heavy (non-hydrogen) atoms. The molecule has 0 heterocycles. The first-order chi connectivity index (χ1) is 7.40. The van der Waals surface area contributed by atoms with Crippen molar-refractivity contribution in [3.05, 3.63) is 29.2 Å². The van der Waals surface area contributed by atoms with E-state index in [9.17, 15) is 18.1 Å². The Morgan fingerprint density at radius 3 is 2.31 bits per heavy atom. The van der Waals surface area contributed by atoms with Gasteiger partial charge in [0.05, 0.1) is 0 Å². The van der Waals surface area contributed by atoms with Crippen molar-refractivity contribution in [2.24, 2.45) is 5.18 Å². The van der Waals surface area contributed by atoms with E-state index in [0.717, 1.165) is 6.26 Å². The first-order valence-electron chi connectivity index (χ1n) is 4.22. The fourth-order valence-electron chi connectivity index (χ4n) is 0.950. The molecule has 0 aliphatic heterocycles. The summed E-state index contributed by atoms with van der Waals surface area (Å²) in [5, 5.41) is 2.66. The molecule has 1 aromatic carbocycles. The molecule has 0 radical (unpaired) electrons. The number of hydrogen-bond acceptors (Lipinski definition) is 6. The summed E-state index contributed by atoms with van der Waals surface area (Å²) < 4.78 is 26.3. The zero-order valence-electron chi connectivity index (χ0n) is 8.41. The highest BCUT2D eigenvalue weighted by atomic mass is 32.2. The molecule has 1 rings (SSSR count). The SMILES string of the molecule is CS(=O)(=O)CC(=O)Oc1ccc(N=O)cc1. The van der Waals surface area contributed by atoms with Gasteiger partial charge in [0, 0.05) is 6.26 Å². The lowest BCUT2D eigenvalue weighted by atomic mass is 10.3. The first kappa shape index (κ1) is 12.3. The molecule has 0 aromatic heterocycles. The largest absolute Gasteiger partial charge is 0.426 e. The third-order valence-electron chi connectivity index (χ3n) is 1.55. The summed E-state index contributed by atoms with van der Waals surface area (Å²) in [7, 11) is -3.40. The van der Waals surface area contributed by atoms with Crippen molar-refractivity contribution < 1.29 is 17.9 Å². The van der Waals surface area contributed by atoms with Gasteiger partial charge in [-0.2, -0.15) is 0 Å². The summed E-state index contributed by atoms with van der Waals surface area (Å²) in [5.41, 5.74) is 0.197. The highest BCUT2D eigenvalue weighted by Crippen LogP contribution is 2.17. The van der Waals surface area contributed by atoms with E-state index in [4.69, 9.17) is 4.74 Å². The number of nitroso groups, excluding NO2 is 1. The lowest BCUT2D eigenvalue weighted by Crippen LogP contribution is -2.19. The quantitative estimate of drug-likeness (QED) is 0.447. The summed E-state index contributed by atoms with van der Waals surface area (Å²) in [6.45, 7) is 0. The Hall–Kier alpha value is -1.76. The molecule has 0 saturated carbocycles. The Kier molecular flexibility index (Phi) is 3.73. The molecule has 0 amide bonds. The van der Waals surface area contributed by atoms with Crippen LogP contribution in [0.1, 0.15) is 0 Å². The van der Waals surface area contributed by atoms with Crippen molar-refractivity contribution in [1.29, 1.82) is 0 Å². The number of nitrogens with zero attached hydrogens (tertiary/aromatic N) is 1. The van der Waals surface area contributed by atoms with Gasteiger partial charge >= 0.3 is 5.97 Å². The maximum atomic E-state index is 11.1. The molecule has 0 unspecified atom stereocenters. The van der Waals surface area contributed by atoms with Crippen LogP contribution in [0, 0.1) is 4.91 Å². The lowest BCUT2D eigenvalue weighted by Gasteiger charge is -2.02. The summed E-state index contributed by atoms with van der Waals surface area (Å²) in [6, 6.07) is 5.43. The van der Waals surface area contributed by atoms with E-state index in [0.29, 0.717) is 0 Å². The molecule has 0 aliphatic rings. The monoisotopic (exact) mass is 243 g/mol. The molecule has 0 fully saturated rings. The van der Waals surface area contributed by atoms with Crippen molar-refractivity contribution in [3.8, 4) is 5.75 Å². The van der Waals surface area contributed by atoms with Crippen LogP contribution in [0.3, 0.4) is 0 Å². The third kappa shape index (κ3) is 4.18. The van der Waals surface area contributed by atoms with Gasteiger partial charge in [-0.25, -0.2) is 8.42 Å². The summed E-state index contributed by atoms with van der Waals surface area (Å²) in [6.07, 6.45) is 0.938. The van der Waals surface area contributed by atoms with Crippen LogP contribution in [-0.4, -0.2) is 26.4 Å². The van der Waals surface area contributed by atoms with Crippen molar-refractivity contribution >= 4 is 21.5 Å². The van der Waals surface area contributed by atoms with Crippen LogP contribution in [-0.2, 0) is 14.6 Å². The van der Waals surface area contributed by atoms with Crippen LogP contribution in [0.5, 0.6) is 5.75 Å². The van der Waals surface area contributed by atoms with E-state index in [1.54, 1.807) is 0 Å². The Bertz CT molecular complexity index is 491. The second-order valence-corrected chi connectivity index (χ2v) is 5.27. The molecule has 0 saturated heterocycles. The van der Waals surface area contributed by atoms with Crippen LogP contribution in [0.2, 0.25) is 0 Å². The lowest BCUT2D eigenvalue weighted by molar-refractivity contribution is -0.131. The maximum Gasteiger partial charge on any atom is 0.326 e. The average molecular weight is 243 g/mol. The highest BCUT2D eigenvalue weighted by molar-refractivity contribution is 7.91. The zero-order valence-corrected chi connectivity index (χ0v) is 9.23. The molecule has 0 N–H and O–H groups in total. The van der Waals surface area contributed by atoms with Gasteiger partial charge in [-0.05, 0) is 29.4 Å². The Morgan fingerprint density at radius 2 is 1.88 bits per heavy atom. The van der Waals surface area contributed by atoms with Gasteiger partial charge in [0.2, 0.25) is 0 Å². The number of sulfone groups is 1. The van der Waals surface area contributed by atoms with E-state index in [-0.39, 0.29) is 11.4 Å². The number of esters is 1. The van der Waals surface area contributed by atoms with Crippen LogP contribution >= 0.6 is 0 Å². The molecular weight excluding hydrogens is 234 g/mol. The molecule has 7 heteroatoms. The molecule has 0 aliphatic carbocycles. The smallest absolute Gasteiger partial charge is 0.326 e. The van der Waals surface area contributed by atoms with Crippen LogP contribution in [0.25, 0.3) is 0 Å². The number of carbonyl (C=O) groups excluding carboxylic acids is 1. The molecule has 1 aromatic rings. The van der Waals surface area contributed by atoms with E-state index in [2.05, 4.69) is 5.18 Å². The van der Waals surface area contributed by atoms with Gasteiger partial charge in [-0.15, -0.1) is 4.91 Å². The Morgan fingerprint density at radius 1 is 1.31 bits per heavy atom. The number of benzene rings is 1. The van der Waals surface area contributed by atoms with Crippen LogP contribution < -0.4 is 4.74 Å². The van der Waals surface area contributed by atoms with Gasteiger partial charge in [-0.1, -0.05) is 0 Å². The molecule has 0 atom stereocenters. The van der Waals surface area contributed by atoms with Crippen molar-refractivity contribution in [2.45, 2.75) is 0 Å². The first-order valence-corrected chi connectivity index (χ1v) is 6.28. The maximum absolute atomic E-state index is 11.1. The van der Waals surface area contributed by atoms with E-state index >= 15 is 0 Å². The molecule has 86 valence electrons. The average Bonchev–Trinajstić information content (AvgIpc) is 2.16. The summed E-state index contributed by atoms with van der Waals surface area (Å²) in [4.78, 5) is 21.2. The summed E-state index contributed by atoms with van der Waals surface area (Å²) in [5.74, 6) is -1.38. The Labute approximate surface area is 92.1 Å². The molecule has 6 nitrogen and oxygen atoms in total. The topological polar surface area (TPSA) is 89.9 Å². The minimum atomic E-state index is -3.40. The number of rotatable bonds is 4. The van der Waals surface area contributed by atoms with E-state index in [1.165, 1.54) is 24.3 Å². The van der Waals surface area contributed by atoms with Crippen LogP contribution in [0.15, 0.2) is 29.4 Å². The van der Waals surface area contributed by atoms with E-state index in [1.807, 2.05) is 0 Å². The van der Waals surface area contributed by atoms with Gasteiger partial charge in [0.15, 0.2) is 9.84 Å². The highest BCUT2D eigenvalue weighted by Gasteiger charge is 2.12. The summed E-state index contributed by atoms with van der Waals surface area (Å²) >= 11 is 0. The van der Waals surface area contributed by atoms with Gasteiger partial charge < -0.3 is 4.74 Å². The molecule has 0 spiro atoms. The predicted molar refractivity (Wildman–Crippen MR) is 57.2 cm³/mol. The van der Waals surface area contributed by atoms with Crippen LogP contribution in [0.4, 0.5) is 5.69 Å². The van der Waals surface area contributed by atoms with E-state index < -0.39 is 21.6 Å². The second-order valence-electron chi connectivity index (χ2n) is 3.13. The van der Waals surface area contributed by atoms with Crippen molar-refractivity contribution in [1.82, 2.24) is 0 Å². The van der Waals surface area contributed by atoms with Gasteiger partial charge in [0.1, 0.15) is 17.2 Å². The van der Waals surface area contributed by atoms with Crippen molar-refractivity contribution in [3.63, 3.8) is 0 Å². The third-order valence-corrected chi connectivity index (χ3v) is 2.31. The number of ether oxygens (including phenoxy) is 1. The van der Waals surface area contributed by atoms with Gasteiger partial charge in [0.25, 0.3) is 0 Å². The Balaban J connectivity index is 2.66. The standard InChI is InChI=1S/C9H9NO5S/c1-16(13,14)6-9(11)15-8-4-2-7(10-12)3-5-8/h2-5H,6H2,1H3. The number of carbonyl (C=O) groups is 1. The minimum Gasteiger partial charge on any atom is -0.426 e. The normalized spacial score (nSPS) is 10.8. The molecular formula is C9H9NO5S. The van der Waals surface area contributed by atoms with Crippen molar-refractivity contribution in [2.75, 3.05) is 12.0 Å². The predicted octanol–water partition coefficient (Wildman–Crippen LogP) is 1.03. The zero-order chi connectivity index (χ0) is 12.2. The fraction of sp³-hybridized carbons (Fsp3) is 0.222. The minimum absolute atomic E-state index is 0.168.